The second-order valence-electron chi connectivity index (χ2n) is 17.3. The quantitative estimate of drug-likeness (QED) is 0.131. The average molecular weight is 866 g/mol. The SMILES string of the molecule is COc1ccc(C2C3CCCCN3C3(C(=O)Nc4ccc(Cl)cc43)C2C(=O)CC(=O)C2C3CCCCN3C3(C(=O)Nc4ccc(Cl)cc43)C2c2ccc(O)c(OC)c2)cc1O. The van der Waals surface area contributed by atoms with E-state index in [1.54, 1.807) is 60.7 Å². The van der Waals surface area contributed by atoms with Gasteiger partial charge in [-0.15, -0.1) is 0 Å². The number of halogens is 2. The van der Waals surface area contributed by atoms with Gasteiger partial charge in [-0.25, -0.2) is 0 Å². The normalized spacial score (nSPS) is 30.1. The Bertz CT molecular complexity index is 2530. The zero-order chi connectivity index (χ0) is 42.5. The van der Waals surface area contributed by atoms with Gasteiger partial charge < -0.3 is 30.3 Å². The van der Waals surface area contributed by atoms with Crippen LogP contribution in [0.3, 0.4) is 0 Å². The van der Waals surface area contributed by atoms with Crippen LogP contribution in [0.15, 0.2) is 72.8 Å². The first-order chi connectivity index (χ1) is 29.4. The number of benzene rings is 4. The molecule has 10 rings (SSSR count). The molecule has 4 aromatic rings. The molecule has 6 aliphatic rings. The average Bonchev–Trinajstić information content (AvgIpc) is 3.93. The number of amides is 2. The number of phenolic OH excluding ortho intramolecular Hbond substituents is 2. The summed E-state index contributed by atoms with van der Waals surface area (Å²) in [6.45, 7) is 1.06. The number of rotatable bonds is 8. The molecule has 4 aromatic carbocycles. The van der Waals surface area contributed by atoms with Crippen molar-refractivity contribution in [3.05, 3.63) is 105 Å². The minimum absolute atomic E-state index is 0.0952. The van der Waals surface area contributed by atoms with E-state index in [1.165, 1.54) is 20.3 Å². The topological polar surface area (TPSA) is 158 Å². The molecule has 61 heavy (non-hydrogen) atoms. The van der Waals surface area contributed by atoms with Crippen molar-refractivity contribution in [1.29, 1.82) is 0 Å². The van der Waals surface area contributed by atoms with Crippen molar-refractivity contribution in [3.63, 3.8) is 0 Å². The lowest BCUT2D eigenvalue weighted by molar-refractivity contribution is -0.140. The summed E-state index contributed by atoms with van der Waals surface area (Å²) in [4.78, 5) is 65.5. The maximum atomic E-state index is 15.8. The lowest BCUT2D eigenvalue weighted by Gasteiger charge is -2.41. The van der Waals surface area contributed by atoms with Crippen molar-refractivity contribution in [2.24, 2.45) is 11.8 Å². The summed E-state index contributed by atoms with van der Waals surface area (Å²) in [7, 11) is 2.91. The number of ketones is 2. The maximum Gasteiger partial charge on any atom is 0.250 e. The van der Waals surface area contributed by atoms with E-state index in [0.717, 1.165) is 25.7 Å². The Morgan fingerprint density at radius 3 is 1.92 bits per heavy atom. The van der Waals surface area contributed by atoms with E-state index >= 15 is 9.59 Å². The molecule has 8 unspecified atom stereocenters. The highest BCUT2D eigenvalue weighted by molar-refractivity contribution is 6.31. The molecule has 14 heteroatoms. The second-order valence-corrected chi connectivity index (χ2v) is 18.2. The van der Waals surface area contributed by atoms with Gasteiger partial charge >= 0.3 is 0 Å². The first-order valence-corrected chi connectivity index (χ1v) is 21.8. The molecular formula is C47H46Cl2N4O8. The summed E-state index contributed by atoms with van der Waals surface area (Å²) in [6, 6.07) is 19.8. The van der Waals surface area contributed by atoms with Crippen LogP contribution in [0.4, 0.5) is 11.4 Å². The second kappa shape index (κ2) is 14.8. The number of methoxy groups -OCH3 is 2. The zero-order valence-corrected chi connectivity index (χ0v) is 35.3. The number of hydrogen-bond acceptors (Lipinski definition) is 10. The molecule has 316 valence electrons. The first kappa shape index (κ1) is 40.0. The fraction of sp³-hybridized carbons (Fsp3) is 0.404. The summed E-state index contributed by atoms with van der Waals surface area (Å²) in [6.07, 6.45) is 4.05. The lowest BCUT2D eigenvalue weighted by Crippen LogP contribution is -2.55. The summed E-state index contributed by atoms with van der Waals surface area (Å²) in [5.74, 6) is -4.49. The van der Waals surface area contributed by atoms with Gasteiger partial charge in [0, 0.05) is 62.4 Å². The molecule has 6 aliphatic heterocycles. The summed E-state index contributed by atoms with van der Waals surface area (Å²) in [5, 5.41) is 28.9. The smallest absolute Gasteiger partial charge is 0.250 e. The van der Waals surface area contributed by atoms with Gasteiger partial charge in [0.25, 0.3) is 0 Å². The molecule has 4 fully saturated rings. The Morgan fingerprint density at radius 1 is 0.689 bits per heavy atom. The van der Waals surface area contributed by atoms with Crippen LogP contribution in [-0.2, 0) is 30.3 Å². The first-order valence-electron chi connectivity index (χ1n) is 21.0. The molecule has 0 radical (unpaired) electrons. The summed E-state index contributed by atoms with van der Waals surface area (Å²) in [5.41, 5.74) is 0.768. The van der Waals surface area contributed by atoms with E-state index in [-0.39, 0.29) is 46.6 Å². The van der Waals surface area contributed by atoms with Crippen molar-refractivity contribution < 1.29 is 38.9 Å². The van der Waals surface area contributed by atoms with E-state index in [1.807, 2.05) is 6.07 Å². The van der Waals surface area contributed by atoms with Gasteiger partial charge in [-0.05, 0) is 111 Å². The number of ether oxygens (including phenoxy) is 2. The van der Waals surface area contributed by atoms with Gasteiger partial charge in [0.15, 0.2) is 23.0 Å². The van der Waals surface area contributed by atoms with Crippen LogP contribution < -0.4 is 20.1 Å². The van der Waals surface area contributed by atoms with Crippen LogP contribution in [0, 0.1) is 11.8 Å². The van der Waals surface area contributed by atoms with E-state index in [0.29, 0.717) is 69.6 Å². The number of nitrogens with zero attached hydrogens (tertiary/aromatic N) is 2. The Morgan fingerprint density at radius 2 is 1.28 bits per heavy atom. The highest BCUT2D eigenvalue weighted by Crippen LogP contribution is 2.64. The minimum Gasteiger partial charge on any atom is -0.504 e. The molecule has 8 atom stereocenters. The standard InChI is InChI=1S/C47H46Cl2N4O8/c1-60-38-16-10-24(19-35(38)55)40-32-7-3-5-17-52(32)47(29-22-27(49)12-14-31(29)51-45(47)59)43(40)37(57)23-36(56)41-33-8-4-6-18-53(33)46(28-21-26(48)11-13-30(28)50-44(46)58)42(41)25-9-15-34(54)39(20-25)61-2/h9-16,19-22,32-33,40-43,54-55H,3-8,17-18,23H2,1-2H3,(H,50,58)(H,51,59). The fourth-order valence-electron chi connectivity index (χ4n) is 12.5. The number of piperidine rings is 2. The van der Waals surface area contributed by atoms with Crippen molar-refractivity contribution >= 4 is 58.0 Å². The van der Waals surface area contributed by atoms with Crippen LogP contribution in [-0.4, -0.2) is 82.8 Å². The number of Topliss-reactive ketones (excluding diaryl/α,β-unsaturated/α-hetero) is 2. The van der Waals surface area contributed by atoms with Crippen LogP contribution in [0.1, 0.15) is 79.0 Å². The van der Waals surface area contributed by atoms with E-state index < -0.39 is 53.0 Å². The Kier molecular flexibility index (Phi) is 9.67. The number of carbonyl (C=O) groups is 4. The number of hydrogen-bond donors (Lipinski definition) is 4. The van der Waals surface area contributed by atoms with E-state index in [9.17, 15) is 19.8 Å². The predicted molar refractivity (Wildman–Crippen MR) is 229 cm³/mol. The number of nitrogens with one attached hydrogen (secondary N) is 2. The van der Waals surface area contributed by atoms with Crippen LogP contribution in [0.5, 0.6) is 23.0 Å². The maximum absolute atomic E-state index is 15.8. The summed E-state index contributed by atoms with van der Waals surface area (Å²) >= 11 is 13.4. The molecular weight excluding hydrogens is 819 g/mol. The van der Waals surface area contributed by atoms with Gasteiger partial charge in [0.05, 0.1) is 26.6 Å². The van der Waals surface area contributed by atoms with Gasteiger partial charge in [-0.3, -0.25) is 29.0 Å². The van der Waals surface area contributed by atoms with Crippen molar-refractivity contribution in [2.75, 3.05) is 37.9 Å². The molecule has 12 nitrogen and oxygen atoms in total. The Labute approximate surface area is 363 Å². The van der Waals surface area contributed by atoms with Crippen molar-refractivity contribution in [1.82, 2.24) is 9.80 Å². The Hall–Kier alpha value is -5.14. The third-order valence-electron chi connectivity index (χ3n) is 14.6. The molecule has 0 aromatic heterocycles. The number of aromatic hydroxyl groups is 2. The number of phenols is 2. The van der Waals surface area contributed by atoms with Crippen LogP contribution in [0.2, 0.25) is 10.0 Å². The van der Waals surface area contributed by atoms with Gasteiger partial charge in [0.1, 0.15) is 22.6 Å². The predicted octanol–water partition coefficient (Wildman–Crippen LogP) is 7.48. The van der Waals surface area contributed by atoms with Crippen LogP contribution in [0.25, 0.3) is 0 Å². The fourth-order valence-corrected chi connectivity index (χ4v) is 12.9. The highest BCUT2D eigenvalue weighted by Gasteiger charge is 2.71. The van der Waals surface area contributed by atoms with Crippen molar-refractivity contribution in [3.8, 4) is 23.0 Å². The number of fused-ring (bicyclic) bond motifs is 8. The van der Waals surface area contributed by atoms with Crippen molar-refractivity contribution in [2.45, 2.75) is 79.9 Å². The molecule has 0 aliphatic carbocycles. The molecule has 2 spiro atoms. The molecule has 0 bridgehead atoms. The molecule has 4 saturated heterocycles. The molecule has 2 amide bonds. The molecule has 4 N–H and O–H groups in total. The van der Waals surface area contributed by atoms with Gasteiger partial charge in [0.2, 0.25) is 11.8 Å². The van der Waals surface area contributed by atoms with Gasteiger partial charge in [-0.2, -0.15) is 0 Å². The largest absolute Gasteiger partial charge is 0.504 e. The highest BCUT2D eigenvalue weighted by atomic mass is 35.5. The monoisotopic (exact) mass is 864 g/mol. The number of anilines is 2. The lowest BCUT2D eigenvalue weighted by atomic mass is 9.67. The third kappa shape index (κ3) is 5.64. The third-order valence-corrected chi connectivity index (χ3v) is 15.1. The van der Waals surface area contributed by atoms with Crippen LogP contribution >= 0.6 is 23.2 Å². The summed E-state index contributed by atoms with van der Waals surface area (Å²) < 4.78 is 11.0. The number of carbonyl (C=O) groups excluding carboxylic acids is 4. The molecule has 6 heterocycles. The minimum atomic E-state index is -1.50. The van der Waals surface area contributed by atoms with E-state index in [4.69, 9.17) is 32.7 Å². The van der Waals surface area contributed by atoms with E-state index in [2.05, 4.69) is 20.4 Å². The Balaban J connectivity index is 1.14. The zero-order valence-electron chi connectivity index (χ0n) is 33.8. The molecule has 0 saturated carbocycles. The van der Waals surface area contributed by atoms with Gasteiger partial charge in [-0.1, -0.05) is 48.2 Å².